The number of benzene rings is 1. The van der Waals surface area contributed by atoms with E-state index in [1.165, 1.54) is 38.4 Å². The van der Waals surface area contributed by atoms with Crippen LogP contribution in [-0.4, -0.2) is 56.4 Å². The van der Waals surface area contributed by atoms with E-state index >= 15 is 0 Å². The molecule has 1 saturated heterocycles. The SMILES string of the molecule is COc1cc(NC(=O)N2CC(Oc3cccc(C(F)(F)F)n3)C2)cc(OC)c1OC. The number of anilines is 1. The Hall–Kier alpha value is -3.37. The van der Waals surface area contributed by atoms with Gasteiger partial charge in [0.1, 0.15) is 11.8 Å². The third kappa shape index (κ3) is 4.61. The van der Waals surface area contributed by atoms with Gasteiger partial charge in [-0.1, -0.05) is 6.07 Å². The lowest BCUT2D eigenvalue weighted by Crippen LogP contribution is -2.57. The van der Waals surface area contributed by atoms with Crippen LogP contribution in [0.15, 0.2) is 30.3 Å². The fourth-order valence-corrected chi connectivity index (χ4v) is 2.84. The summed E-state index contributed by atoms with van der Waals surface area (Å²) in [5.41, 5.74) is -0.602. The van der Waals surface area contributed by atoms with E-state index in [-0.39, 0.29) is 19.0 Å². The summed E-state index contributed by atoms with van der Waals surface area (Å²) >= 11 is 0. The molecule has 0 atom stereocenters. The highest BCUT2D eigenvalue weighted by Gasteiger charge is 2.35. The van der Waals surface area contributed by atoms with Crippen molar-refractivity contribution in [3.8, 4) is 23.1 Å². The molecule has 1 aliphatic rings. The first-order valence-corrected chi connectivity index (χ1v) is 8.82. The monoisotopic (exact) mass is 427 g/mol. The lowest BCUT2D eigenvalue weighted by molar-refractivity contribution is -0.141. The van der Waals surface area contributed by atoms with Crippen molar-refractivity contribution in [2.24, 2.45) is 0 Å². The number of ether oxygens (including phenoxy) is 4. The number of halogens is 3. The van der Waals surface area contributed by atoms with E-state index in [2.05, 4.69) is 10.3 Å². The summed E-state index contributed by atoms with van der Waals surface area (Å²) in [7, 11) is 4.39. The second-order valence-corrected chi connectivity index (χ2v) is 6.35. The van der Waals surface area contributed by atoms with Gasteiger partial charge in [-0.15, -0.1) is 0 Å². The number of carbonyl (C=O) groups excluding carboxylic acids is 1. The largest absolute Gasteiger partial charge is 0.493 e. The molecule has 11 heteroatoms. The second-order valence-electron chi connectivity index (χ2n) is 6.35. The molecule has 0 saturated carbocycles. The molecule has 0 bridgehead atoms. The quantitative estimate of drug-likeness (QED) is 0.761. The van der Waals surface area contributed by atoms with Crippen LogP contribution >= 0.6 is 0 Å². The molecule has 0 radical (unpaired) electrons. The van der Waals surface area contributed by atoms with Crippen LogP contribution in [0.5, 0.6) is 23.1 Å². The Kier molecular flexibility index (Phi) is 6.09. The zero-order chi connectivity index (χ0) is 21.9. The summed E-state index contributed by atoms with van der Waals surface area (Å²) in [6.45, 7) is 0.405. The predicted octanol–water partition coefficient (Wildman–Crippen LogP) is 3.42. The third-order valence-electron chi connectivity index (χ3n) is 4.35. The van der Waals surface area contributed by atoms with Crippen molar-refractivity contribution in [2.45, 2.75) is 12.3 Å². The van der Waals surface area contributed by atoms with Gasteiger partial charge in [0, 0.05) is 18.2 Å². The number of nitrogens with zero attached hydrogens (tertiary/aromatic N) is 2. The Morgan fingerprint density at radius 1 is 1.10 bits per heavy atom. The smallest absolute Gasteiger partial charge is 0.433 e. The number of pyridine rings is 1. The van der Waals surface area contributed by atoms with Gasteiger partial charge in [-0.05, 0) is 6.07 Å². The van der Waals surface area contributed by atoms with Crippen LogP contribution in [0.4, 0.5) is 23.7 Å². The van der Waals surface area contributed by atoms with Gasteiger partial charge < -0.3 is 29.2 Å². The van der Waals surface area contributed by atoms with Gasteiger partial charge >= 0.3 is 12.2 Å². The van der Waals surface area contributed by atoms with Gasteiger partial charge in [0.25, 0.3) is 0 Å². The number of carbonyl (C=O) groups is 1. The maximum absolute atomic E-state index is 12.7. The predicted molar refractivity (Wildman–Crippen MR) is 100 cm³/mol. The number of urea groups is 1. The molecular formula is C19H20F3N3O5. The normalized spacial score (nSPS) is 14.0. The first-order chi connectivity index (χ1) is 14.2. The van der Waals surface area contributed by atoms with Gasteiger partial charge in [-0.3, -0.25) is 0 Å². The van der Waals surface area contributed by atoms with Crippen LogP contribution in [0.1, 0.15) is 5.69 Å². The van der Waals surface area contributed by atoms with Crippen LogP contribution in [-0.2, 0) is 6.18 Å². The van der Waals surface area contributed by atoms with Crippen LogP contribution in [0.2, 0.25) is 0 Å². The van der Waals surface area contributed by atoms with Crippen LogP contribution < -0.4 is 24.3 Å². The summed E-state index contributed by atoms with van der Waals surface area (Å²) in [5.74, 6) is 1.02. The minimum atomic E-state index is -4.55. The summed E-state index contributed by atoms with van der Waals surface area (Å²) in [5, 5.41) is 2.71. The number of methoxy groups -OCH3 is 3. The van der Waals surface area contributed by atoms with Gasteiger partial charge in [0.15, 0.2) is 11.5 Å². The number of hydrogen-bond acceptors (Lipinski definition) is 6. The molecule has 1 N–H and O–H groups in total. The van der Waals surface area contributed by atoms with Gasteiger partial charge in [0.05, 0.1) is 40.1 Å². The number of amides is 2. The molecule has 0 unspecified atom stereocenters. The Bertz CT molecular complexity index is 892. The van der Waals surface area contributed by atoms with E-state index in [1.807, 2.05) is 0 Å². The van der Waals surface area contributed by atoms with E-state index in [1.54, 1.807) is 12.1 Å². The fourth-order valence-electron chi connectivity index (χ4n) is 2.84. The molecule has 8 nitrogen and oxygen atoms in total. The molecule has 1 aliphatic heterocycles. The zero-order valence-corrected chi connectivity index (χ0v) is 16.4. The van der Waals surface area contributed by atoms with Crippen molar-refractivity contribution in [1.29, 1.82) is 0 Å². The van der Waals surface area contributed by atoms with E-state index in [0.29, 0.717) is 22.9 Å². The van der Waals surface area contributed by atoms with Gasteiger partial charge in [-0.25, -0.2) is 9.78 Å². The van der Waals surface area contributed by atoms with Crippen molar-refractivity contribution in [2.75, 3.05) is 39.7 Å². The Balaban J connectivity index is 1.58. The number of nitrogens with one attached hydrogen (secondary N) is 1. The number of hydrogen-bond donors (Lipinski definition) is 1. The molecule has 3 rings (SSSR count). The molecule has 162 valence electrons. The number of aromatic nitrogens is 1. The highest BCUT2D eigenvalue weighted by molar-refractivity contribution is 5.90. The van der Waals surface area contributed by atoms with Crippen molar-refractivity contribution >= 4 is 11.7 Å². The molecule has 1 fully saturated rings. The number of alkyl halides is 3. The second kappa shape index (κ2) is 8.56. The van der Waals surface area contributed by atoms with Crippen molar-refractivity contribution in [1.82, 2.24) is 9.88 Å². The fraction of sp³-hybridized carbons (Fsp3) is 0.368. The Labute approximate surface area is 170 Å². The van der Waals surface area contributed by atoms with E-state index in [0.717, 1.165) is 6.07 Å². The Morgan fingerprint density at radius 2 is 1.73 bits per heavy atom. The first-order valence-electron chi connectivity index (χ1n) is 8.82. The summed E-state index contributed by atoms with van der Waals surface area (Å²) < 4.78 is 59.3. The molecule has 0 spiro atoms. The molecule has 2 aromatic rings. The van der Waals surface area contributed by atoms with E-state index < -0.39 is 24.0 Å². The summed E-state index contributed by atoms with van der Waals surface area (Å²) in [4.78, 5) is 17.3. The maximum atomic E-state index is 12.7. The maximum Gasteiger partial charge on any atom is 0.433 e. The van der Waals surface area contributed by atoms with Crippen molar-refractivity contribution in [3.05, 3.63) is 36.0 Å². The zero-order valence-electron chi connectivity index (χ0n) is 16.4. The summed E-state index contributed by atoms with van der Waals surface area (Å²) in [6, 6.07) is 6.19. The summed E-state index contributed by atoms with van der Waals surface area (Å²) in [6.07, 6.45) is -5.00. The van der Waals surface area contributed by atoms with Gasteiger partial charge in [0.2, 0.25) is 11.6 Å². The third-order valence-corrected chi connectivity index (χ3v) is 4.35. The van der Waals surface area contributed by atoms with E-state index in [4.69, 9.17) is 18.9 Å². The molecular weight excluding hydrogens is 407 g/mol. The first kappa shape index (κ1) is 21.3. The molecule has 1 aromatic heterocycles. The van der Waals surface area contributed by atoms with Crippen LogP contribution in [0, 0.1) is 0 Å². The highest BCUT2D eigenvalue weighted by Crippen LogP contribution is 2.40. The number of rotatable bonds is 6. The Morgan fingerprint density at radius 3 is 2.27 bits per heavy atom. The minimum absolute atomic E-state index is 0.139. The van der Waals surface area contributed by atoms with Crippen LogP contribution in [0.25, 0.3) is 0 Å². The molecule has 2 amide bonds. The lowest BCUT2D eigenvalue weighted by Gasteiger charge is -2.38. The standard InChI is InChI=1S/C19H20F3N3O5/c1-27-13-7-11(8-14(28-2)17(13)29-3)23-18(26)25-9-12(10-25)30-16-6-4-5-15(24-16)19(20,21)22/h4-8,12H,9-10H2,1-3H3,(H,23,26). The van der Waals surface area contributed by atoms with Crippen molar-refractivity contribution in [3.63, 3.8) is 0 Å². The average molecular weight is 427 g/mol. The van der Waals surface area contributed by atoms with Gasteiger partial charge in [-0.2, -0.15) is 13.2 Å². The molecule has 30 heavy (non-hydrogen) atoms. The lowest BCUT2D eigenvalue weighted by atomic mass is 10.2. The molecule has 0 aliphatic carbocycles. The average Bonchev–Trinajstić information content (AvgIpc) is 2.68. The number of likely N-dealkylation sites (tertiary alicyclic amines) is 1. The van der Waals surface area contributed by atoms with Crippen molar-refractivity contribution < 1.29 is 36.9 Å². The van der Waals surface area contributed by atoms with E-state index in [9.17, 15) is 18.0 Å². The topological polar surface area (TPSA) is 82.2 Å². The molecule has 1 aromatic carbocycles. The van der Waals surface area contributed by atoms with Crippen LogP contribution in [0.3, 0.4) is 0 Å². The highest BCUT2D eigenvalue weighted by atomic mass is 19.4. The minimum Gasteiger partial charge on any atom is -0.493 e. The molecule has 2 heterocycles.